The molecule has 4 rings (SSSR count). The Bertz CT molecular complexity index is 1110. The molecule has 0 fully saturated rings. The molecule has 4 aromatic rings. The van der Waals surface area contributed by atoms with Crippen molar-refractivity contribution in [3.8, 4) is 11.4 Å². The second kappa shape index (κ2) is 7.97. The van der Waals surface area contributed by atoms with Crippen LogP contribution in [0.4, 0.5) is 4.39 Å². The first kappa shape index (κ1) is 18.4. The Morgan fingerprint density at radius 2 is 1.93 bits per heavy atom. The van der Waals surface area contributed by atoms with E-state index in [1.54, 1.807) is 49.9 Å². The molecule has 0 aliphatic heterocycles. The second-order valence-corrected chi connectivity index (χ2v) is 6.34. The number of halogens is 1. The van der Waals surface area contributed by atoms with Crippen molar-refractivity contribution >= 4 is 5.91 Å². The summed E-state index contributed by atoms with van der Waals surface area (Å²) in [6, 6.07) is 9.58. The molecule has 1 aromatic carbocycles. The van der Waals surface area contributed by atoms with Gasteiger partial charge >= 0.3 is 0 Å². The van der Waals surface area contributed by atoms with Crippen molar-refractivity contribution in [2.75, 3.05) is 7.05 Å². The van der Waals surface area contributed by atoms with Crippen LogP contribution in [0.1, 0.15) is 21.9 Å². The molecular formula is C19H16FN7O2. The van der Waals surface area contributed by atoms with Gasteiger partial charge in [-0.25, -0.2) is 9.07 Å². The number of nitrogens with zero attached hydrogens (tertiary/aromatic N) is 7. The van der Waals surface area contributed by atoms with E-state index in [0.29, 0.717) is 18.3 Å². The van der Waals surface area contributed by atoms with Crippen molar-refractivity contribution in [2.24, 2.45) is 0 Å². The van der Waals surface area contributed by atoms with E-state index in [9.17, 15) is 9.18 Å². The molecule has 0 N–H and O–H groups in total. The van der Waals surface area contributed by atoms with Crippen molar-refractivity contribution in [1.82, 2.24) is 35.0 Å². The number of carbonyl (C=O) groups is 1. The summed E-state index contributed by atoms with van der Waals surface area (Å²) in [5.74, 6) is 0.0804. The van der Waals surface area contributed by atoms with Gasteiger partial charge in [-0.3, -0.25) is 9.78 Å². The molecule has 0 saturated heterocycles. The average molecular weight is 393 g/mol. The fraction of sp³-hybridized carbons (Fsp3) is 0.158. The smallest absolute Gasteiger partial charge is 0.276 e. The van der Waals surface area contributed by atoms with E-state index in [2.05, 4.69) is 25.4 Å². The third kappa shape index (κ3) is 4.32. The van der Waals surface area contributed by atoms with Crippen molar-refractivity contribution in [1.29, 1.82) is 0 Å². The number of aromatic nitrogens is 6. The average Bonchev–Trinajstić information content (AvgIpc) is 3.40. The monoisotopic (exact) mass is 393 g/mol. The number of pyridine rings is 1. The SMILES string of the molecule is CN(Cc1nc(-c2ccncc2)no1)C(=O)c1cn(Cc2ccc(F)cc2)nn1. The number of hydrogen-bond acceptors (Lipinski definition) is 7. The van der Waals surface area contributed by atoms with Gasteiger partial charge in [0.2, 0.25) is 11.7 Å². The molecule has 0 unspecified atom stereocenters. The fourth-order valence-electron chi connectivity index (χ4n) is 2.66. The highest BCUT2D eigenvalue weighted by atomic mass is 19.1. The molecule has 0 aliphatic carbocycles. The van der Waals surface area contributed by atoms with Crippen molar-refractivity contribution < 1.29 is 13.7 Å². The number of rotatable bonds is 6. The lowest BCUT2D eigenvalue weighted by Crippen LogP contribution is -2.26. The molecule has 3 heterocycles. The van der Waals surface area contributed by atoms with Crippen LogP contribution in [0.2, 0.25) is 0 Å². The number of amides is 1. The Kier molecular flexibility index (Phi) is 5.06. The molecule has 0 atom stereocenters. The van der Waals surface area contributed by atoms with Gasteiger partial charge in [0.15, 0.2) is 5.69 Å². The van der Waals surface area contributed by atoms with Crippen LogP contribution in [-0.4, -0.2) is 48.0 Å². The van der Waals surface area contributed by atoms with Crippen LogP contribution in [0.3, 0.4) is 0 Å². The van der Waals surface area contributed by atoms with E-state index in [0.717, 1.165) is 11.1 Å². The summed E-state index contributed by atoms with van der Waals surface area (Å²) in [7, 11) is 1.61. The Morgan fingerprint density at radius 1 is 1.17 bits per heavy atom. The highest BCUT2D eigenvalue weighted by Gasteiger charge is 2.19. The predicted octanol–water partition coefficient (Wildman–Crippen LogP) is 2.18. The molecule has 10 heteroatoms. The zero-order valence-electron chi connectivity index (χ0n) is 15.4. The Balaban J connectivity index is 1.40. The highest BCUT2D eigenvalue weighted by molar-refractivity contribution is 5.91. The quantitative estimate of drug-likeness (QED) is 0.495. The Morgan fingerprint density at radius 3 is 2.69 bits per heavy atom. The molecular weight excluding hydrogens is 377 g/mol. The molecule has 0 radical (unpaired) electrons. The molecule has 29 heavy (non-hydrogen) atoms. The van der Waals surface area contributed by atoms with Crippen molar-refractivity contribution in [3.63, 3.8) is 0 Å². The van der Waals surface area contributed by atoms with Crippen LogP contribution in [0.15, 0.2) is 59.5 Å². The van der Waals surface area contributed by atoms with Crippen molar-refractivity contribution in [2.45, 2.75) is 13.1 Å². The first-order valence-electron chi connectivity index (χ1n) is 8.71. The minimum atomic E-state index is -0.334. The minimum absolute atomic E-state index is 0.127. The largest absolute Gasteiger partial charge is 0.337 e. The van der Waals surface area contributed by atoms with Gasteiger partial charge < -0.3 is 9.42 Å². The lowest BCUT2D eigenvalue weighted by atomic mass is 10.2. The van der Waals surface area contributed by atoms with E-state index in [4.69, 9.17) is 4.52 Å². The van der Waals surface area contributed by atoms with Gasteiger partial charge in [0.25, 0.3) is 5.91 Å². The van der Waals surface area contributed by atoms with Gasteiger partial charge in [-0.1, -0.05) is 22.5 Å². The van der Waals surface area contributed by atoms with E-state index >= 15 is 0 Å². The number of carbonyl (C=O) groups excluding carboxylic acids is 1. The fourth-order valence-corrected chi connectivity index (χ4v) is 2.66. The van der Waals surface area contributed by atoms with Crippen LogP contribution >= 0.6 is 0 Å². The van der Waals surface area contributed by atoms with Gasteiger partial charge in [0.05, 0.1) is 12.7 Å². The molecule has 0 spiro atoms. The summed E-state index contributed by atoms with van der Waals surface area (Å²) in [6.45, 7) is 0.505. The van der Waals surface area contributed by atoms with Crippen LogP contribution < -0.4 is 0 Å². The normalized spacial score (nSPS) is 10.8. The summed E-state index contributed by atoms with van der Waals surface area (Å²) in [4.78, 5) is 22.2. The van der Waals surface area contributed by atoms with Crippen LogP contribution in [0, 0.1) is 5.82 Å². The summed E-state index contributed by atoms with van der Waals surface area (Å²) in [5, 5.41) is 11.8. The predicted molar refractivity (Wildman–Crippen MR) is 98.9 cm³/mol. The molecule has 146 valence electrons. The van der Waals surface area contributed by atoms with Gasteiger partial charge in [-0.2, -0.15) is 4.98 Å². The third-order valence-electron chi connectivity index (χ3n) is 4.14. The molecule has 0 aliphatic rings. The number of benzene rings is 1. The lowest BCUT2D eigenvalue weighted by Gasteiger charge is -2.12. The molecule has 3 aromatic heterocycles. The Hall–Kier alpha value is -3.95. The van der Waals surface area contributed by atoms with Gasteiger partial charge in [0, 0.05) is 25.0 Å². The van der Waals surface area contributed by atoms with E-state index in [-0.39, 0.29) is 24.0 Å². The summed E-state index contributed by atoms with van der Waals surface area (Å²) < 4.78 is 19.7. The summed E-state index contributed by atoms with van der Waals surface area (Å²) >= 11 is 0. The highest BCUT2D eigenvalue weighted by Crippen LogP contribution is 2.15. The zero-order valence-corrected chi connectivity index (χ0v) is 15.4. The molecule has 9 nitrogen and oxygen atoms in total. The number of hydrogen-bond donors (Lipinski definition) is 0. The van der Waals surface area contributed by atoms with Gasteiger partial charge in [0.1, 0.15) is 12.4 Å². The zero-order chi connectivity index (χ0) is 20.2. The van der Waals surface area contributed by atoms with Crippen molar-refractivity contribution in [3.05, 3.63) is 78.0 Å². The van der Waals surface area contributed by atoms with Gasteiger partial charge in [-0.05, 0) is 29.8 Å². The maximum atomic E-state index is 13.0. The van der Waals surface area contributed by atoms with E-state index in [1.807, 2.05) is 0 Å². The molecule has 0 saturated carbocycles. The molecule has 1 amide bonds. The van der Waals surface area contributed by atoms with Crippen LogP contribution in [-0.2, 0) is 13.1 Å². The van der Waals surface area contributed by atoms with Crippen LogP contribution in [0.25, 0.3) is 11.4 Å². The van der Waals surface area contributed by atoms with Crippen LogP contribution in [0.5, 0.6) is 0 Å². The maximum Gasteiger partial charge on any atom is 0.276 e. The first-order valence-corrected chi connectivity index (χ1v) is 8.71. The molecule has 0 bridgehead atoms. The maximum absolute atomic E-state index is 13.0. The second-order valence-electron chi connectivity index (χ2n) is 6.34. The first-order chi connectivity index (χ1) is 14.1. The lowest BCUT2D eigenvalue weighted by molar-refractivity contribution is 0.0763. The van der Waals surface area contributed by atoms with Gasteiger partial charge in [-0.15, -0.1) is 5.10 Å². The minimum Gasteiger partial charge on any atom is -0.337 e. The van der Waals surface area contributed by atoms with E-state index < -0.39 is 0 Å². The topological polar surface area (TPSA) is 103 Å². The Labute approximate surface area is 164 Å². The van der Waals surface area contributed by atoms with E-state index in [1.165, 1.54) is 21.7 Å². The standard InChI is InChI=1S/C19H16FN7O2/c1-26(12-17-22-18(24-29-17)14-6-8-21-9-7-14)19(28)16-11-27(25-23-16)10-13-2-4-15(20)5-3-13/h2-9,11H,10,12H2,1H3. The summed E-state index contributed by atoms with van der Waals surface area (Å²) in [5.41, 5.74) is 1.80. The summed E-state index contributed by atoms with van der Waals surface area (Å²) in [6.07, 6.45) is 4.81. The third-order valence-corrected chi connectivity index (χ3v) is 4.14.